The second-order valence-electron chi connectivity index (χ2n) is 5.21. The van der Waals surface area contributed by atoms with E-state index in [4.69, 9.17) is 0 Å². The summed E-state index contributed by atoms with van der Waals surface area (Å²) in [6, 6.07) is 16.6. The first kappa shape index (κ1) is 14.7. The topological polar surface area (TPSA) is 34.1 Å². The van der Waals surface area contributed by atoms with Crippen LogP contribution in [0.3, 0.4) is 0 Å². The van der Waals surface area contributed by atoms with Gasteiger partial charge in [0, 0.05) is 27.1 Å². The number of hydrogen-bond acceptors (Lipinski definition) is 2. The summed E-state index contributed by atoms with van der Waals surface area (Å²) in [4.78, 5) is 12.7. The van der Waals surface area contributed by atoms with Gasteiger partial charge in [0.1, 0.15) is 0 Å². The van der Waals surface area contributed by atoms with Crippen LogP contribution < -0.4 is 10.6 Å². The molecule has 3 heteroatoms. The van der Waals surface area contributed by atoms with Crippen LogP contribution in [0.5, 0.6) is 0 Å². The molecule has 2 aromatic carbocycles. The Morgan fingerprint density at radius 2 is 1.68 bits per heavy atom. The zero-order valence-electron chi connectivity index (χ0n) is 12.5. The third-order valence-electron chi connectivity index (χ3n) is 4.08. The smallest absolute Gasteiger partial charge is 0.194 e. The summed E-state index contributed by atoms with van der Waals surface area (Å²) >= 11 is 0. The number of Topliss-reactive ketones (excluding diaryl/α,β-unsaturated/α-hetero) is 1. The minimum Gasteiger partial charge on any atom is -0.309 e. The number of benzene rings is 2. The van der Waals surface area contributed by atoms with Crippen molar-refractivity contribution >= 4 is 23.5 Å². The highest BCUT2D eigenvalue weighted by Crippen LogP contribution is 2.57. The maximum atomic E-state index is 14.1. The van der Waals surface area contributed by atoms with E-state index in [2.05, 4.69) is 6.58 Å². The Morgan fingerprint density at radius 3 is 2.32 bits per heavy atom. The minimum atomic E-state index is -2.99. The van der Waals surface area contributed by atoms with Crippen LogP contribution >= 0.6 is 7.14 Å². The number of hydrogen-bond donors (Lipinski definition) is 0. The van der Waals surface area contributed by atoms with E-state index in [-0.39, 0.29) is 5.78 Å². The van der Waals surface area contributed by atoms with Gasteiger partial charge in [-0.3, -0.25) is 4.79 Å². The van der Waals surface area contributed by atoms with Gasteiger partial charge in [-0.2, -0.15) is 0 Å². The van der Waals surface area contributed by atoms with Gasteiger partial charge in [0.2, 0.25) is 0 Å². The first-order valence-electron chi connectivity index (χ1n) is 7.30. The zero-order chi connectivity index (χ0) is 15.7. The van der Waals surface area contributed by atoms with Crippen LogP contribution in [0, 0.1) is 0 Å². The van der Waals surface area contributed by atoms with Gasteiger partial charge in [-0.15, -0.1) is 0 Å². The molecule has 0 radical (unpaired) electrons. The first-order chi connectivity index (χ1) is 10.6. The van der Waals surface area contributed by atoms with E-state index in [1.165, 1.54) is 0 Å². The highest BCUT2D eigenvalue weighted by atomic mass is 31.2. The predicted octanol–water partition coefficient (Wildman–Crippen LogP) is 4.05. The molecule has 22 heavy (non-hydrogen) atoms. The highest BCUT2D eigenvalue weighted by Gasteiger charge is 2.40. The molecule has 0 saturated carbocycles. The molecule has 0 fully saturated rings. The average molecular weight is 308 g/mol. The molecule has 1 atom stereocenters. The van der Waals surface area contributed by atoms with Gasteiger partial charge in [0.25, 0.3) is 0 Å². The van der Waals surface area contributed by atoms with Crippen molar-refractivity contribution in [2.24, 2.45) is 0 Å². The number of fused-ring (bicyclic) bond motifs is 1. The highest BCUT2D eigenvalue weighted by molar-refractivity contribution is 7.82. The quantitative estimate of drug-likeness (QED) is 0.802. The Labute approximate surface area is 130 Å². The summed E-state index contributed by atoms with van der Waals surface area (Å²) in [5.41, 5.74) is 1.02. The Hall–Kier alpha value is -2.18. The monoisotopic (exact) mass is 308 g/mol. The molecule has 2 nitrogen and oxygen atoms in total. The van der Waals surface area contributed by atoms with Crippen molar-refractivity contribution in [1.82, 2.24) is 0 Å². The van der Waals surface area contributed by atoms with Gasteiger partial charge in [-0.25, -0.2) is 0 Å². The first-order valence-corrected chi connectivity index (χ1v) is 9.01. The lowest BCUT2D eigenvalue weighted by Crippen LogP contribution is -2.29. The molecule has 1 aliphatic heterocycles. The fourth-order valence-electron chi connectivity index (χ4n) is 3.09. The van der Waals surface area contributed by atoms with Crippen LogP contribution in [0.25, 0.3) is 0 Å². The maximum Gasteiger partial charge on any atom is 0.194 e. The van der Waals surface area contributed by atoms with Crippen LogP contribution in [0.15, 0.2) is 78.1 Å². The van der Waals surface area contributed by atoms with Crippen LogP contribution in [-0.4, -0.2) is 5.78 Å². The van der Waals surface area contributed by atoms with Crippen LogP contribution in [0.2, 0.25) is 0 Å². The lowest BCUT2D eigenvalue weighted by Gasteiger charge is -2.29. The van der Waals surface area contributed by atoms with Crippen LogP contribution in [-0.2, 0) is 4.57 Å². The summed E-state index contributed by atoms with van der Waals surface area (Å²) in [7, 11) is -2.99. The molecular weight excluding hydrogens is 291 g/mol. The van der Waals surface area contributed by atoms with Crippen molar-refractivity contribution in [1.29, 1.82) is 0 Å². The van der Waals surface area contributed by atoms with Crippen molar-refractivity contribution < 1.29 is 9.36 Å². The molecule has 0 bridgehead atoms. The molecule has 0 aromatic heterocycles. The van der Waals surface area contributed by atoms with Crippen LogP contribution in [0.1, 0.15) is 23.7 Å². The SMILES string of the molecule is C=CC1=C(CC)P(=O)(c2ccccc2)c2ccccc2C1=O. The number of carbonyl (C=O) groups is 1. The second-order valence-corrected chi connectivity index (χ2v) is 7.97. The van der Waals surface area contributed by atoms with Crippen molar-refractivity contribution in [3.8, 4) is 0 Å². The Morgan fingerprint density at radius 1 is 1.05 bits per heavy atom. The van der Waals surface area contributed by atoms with E-state index in [9.17, 15) is 9.36 Å². The molecule has 0 amide bonds. The van der Waals surface area contributed by atoms with Gasteiger partial charge in [-0.05, 0) is 6.42 Å². The van der Waals surface area contributed by atoms with E-state index < -0.39 is 7.14 Å². The Bertz CT molecular complexity index is 832. The third kappa shape index (κ3) is 1.95. The number of rotatable bonds is 3. The van der Waals surface area contributed by atoms with Crippen molar-refractivity contribution in [3.63, 3.8) is 0 Å². The molecule has 1 aliphatic rings. The molecule has 0 N–H and O–H groups in total. The molecule has 0 aliphatic carbocycles. The van der Waals surface area contributed by atoms with E-state index in [0.29, 0.717) is 28.2 Å². The lowest BCUT2D eigenvalue weighted by atomic mass is 10.0. The number of ketones is 1. The minimum absolute atomic E-state index is 0.0788. The zero-order valence-corrected chi connectivity index (χ0v) is 13.3. The summed E-state index contributed by atoms with van der Waals surface area (Å²) < 4.78 is 14.1. The molecule has 2 aromatic rings. The molecule has 3 rings (SSSR count). The summed E-state index contributed by atoms with van der Waals surface area (Å²) in [6.07, 6.45) is 2.11. The average Bonchev–Trinajstić information content (AvgIpc) is 2.58. The molecular formula is C19H17O2P. The Balaban J connectivity index is 2.44. The molecule has 0 saturated heterocycles. The fourth-order valence-corrected chi connectivity index (χ4v) is 6.35. The number of allylic oxidation sites excluding steroid dienone is 3. The lowest BCUT2D eigenvalue weighted by molar-refractivity contribution is 0.103. The van der Waals surface area contributed by atoms with Crippen molar-refractivity contribution in [2.75, 3.05) is 0 Å². The second kappa shape index (κ2) is 5.55. The number of carbonyl (C=O) groups excluding carboxylic acids is 1. The van der Waals surface area contributed by atoms with Gasteiger partial charge in [-0.1, -0.05) is 74.2 Å². The van der Waals surface area contributed by atoms with E-state index in [1.807, 2.05) is 55.5 Å². The molecule has 0 spiro atoms. The van der Waals surface area contributed by atoms with Crippen molar-refractivity contribution in [2.45, 2.75) is 13.3 Å². The van der Waals surface area contributed by atoms with Gasteiger partial charge in [0.05, 0.1) is 0 Å². The summed E-state index contributed by atoms with van der Waals surface area (Å²) in [5, 5.41) is 2.12. The third-order valence-corrected chi connectivity index (χ3v) is 7.49. The largest absolute Gasteiger partial charge is 0.309 e. The fraction of sp³-hybridized carbons (Fsp3) is 0.105. The normalized spacial score (nSPS) is 20.7. The predicted molar refractivity (Wildman–Crippen MR) is 91.6 cm³/mol. The van der Waals surface area contributed by atoms with Crippen molar-refractivity contribution in [3.05, 3.63) is 83.7 Å². The van der Waals surface area contributed by atoms with E-state index >= 15 is 0 Å². The maximum absolute atomic E-state index is 14.1. The van der Waals surface area contributed by atoms with E-state index in [0.717, 1.165) is 5.30 Å². The van der Waals surface area contributed by atoms with Gasteiger partial charge in [0.15, 0.2) is 12.9 Å². The van der Waals surface area contributed by atoms with Gasteiger partial charge < -0.3 is 4.57 Å². The molecule has 1 unspecified atom stereocenters. The van der Waals surface area contributed by atoms with Gasteiger partial charge >= 0.3 is 0 Å². The van der Waals surface area contributed by atoms with E-state index in [1.54, 1.807) is 12.1 Å². The molecule has 1 heterocycles. The molecule has 110 valence electrons. The summed E-state index contributed by atoms with van der Waals surface area (Å²) in [6.45, 7) is 5.71. The Kier molecular flexibility index (Phi) is 3.72. The summed E-state index contributed by atoms with van der Waals surface area (Å²) in [5.74, 6) is -0.0788. The standard InChI is InChI=1S/C19H17O2P/c1-3-15-17(4-2)22(21,14-10-6-5-7-11-14)18-13-9-8-12-16(18)19(15)20/h3,5-13H,1,4H2,2H3. The van der Waals surface area contributed by atoms with Crippen LogP contribution in [0.4, 0.5) is 0 Å².